The number of aryl methyl sites for hydroxylation is 3. The topological polar surface area (TPSA) is 54.9 Å². The molecule has 2 aromatic heterocycles. The first-order valence-corrected chi connectivity index (χ1v) is 9.09. The molecule has 0 unspecified atom stereocenters. The third-order valence-electron chi connectivity index (χ3n) is 3.87. The lowest BCUT2D eigenvalue weighted by Gasteiger charge is -2.12. The van der Waals surface area contributed by atoms with Crippen molar-refractivity contribution in [1.29, 1.82) is 0 Å². The van der Waals surface area contributed by atoms with Crippen LogP contribution in [0.2, 0.25) is 0 Å². The Labute approximate surface area is 152 Å². The molecule has 0 aliphatic rings. The van der Waals surface area contributed by atoms with E-state index in [1.165, 1.54) is 0 Å². The molecule has 1 atom stereocenters. The van der Waals surface area contributed by atoms with Gasteiger partial charge in [-0.1, -0.05) is 12.1 Å². The summed E-state index contributed by atoms with van der Waals surface area (Å²) in [6.07, 6.45) is 0. The molecule has 1 aromatic carbocycles. The highest BCUT2D eigenvalue weighted by Gasteiger charge is 2.15. The summed E-state index contributed by atoms with van der Waals surface area (Å²) in [5, 5.41) is 5.92. The second-order valence-electron chi connectivity index (χ2n) is 6.27. The van der Waals surface area contributed by atoms with E-state index in [2.05, 4.69) is 15.3 Å². The van der Waals surface area contributed by atoms with Crippen molar-refractivity contribution in [2.45, 2.75) is 33.7 Å². The summed E-state index contributed by atoms with van der Waals surface area (Å²) < 4.78 is 0. The Morgan fingerprint density at radius 3 is 2.56 bits per heavy atom. The van der Waals surface area contributed by atoms with Gasteiger partial charge in [0.15, 0.2) is 0 Å². The molecule has 0 saturated carbocycles. The van der Waals surface area contributed by atoms with Crippen LogP contribution in [0.5, 0.6) is 0 Å². The Balaban J connectivity index is 1.82. The summed E-state index contributed by atoms with van der Waals surface area (Å²) >= 11 is 1.56. The zero-order valence-electron chi connectivity index (χ0n) is 14.8. The summed E-state index contributed by atoms with van der Waals surface area (Å²) in [6, 6.07) is 11.5. The van der Waals surface area contributed by atoms with Crippen molar-refractivity contribution in [3.8, 4) is 11.3 Å². The summed E-state index contributed by atoms with van der Waals surface area (Å²) in [5.74, 6) is -0.105. The van der Waals surface area contributed by atoms with Crippen LogP contribution >= 0.6 is 11.3 Å². The molecular weight excluding hydrogens is 330 g/mol. The molecule has 0 radical (unpaired) electrons. The molecule has 0 aliphatic carbocycles. The molecule has 1 N–H and O–H groups in total. The Morgan fingerprint density at radius 2 is 1.88 bits per heavy atom. The minimum atomic E-state index is -0.116. The number of aromatic nitrogens is 2. The second-order valence-corrected chi connectivity index (χ2v) is 7.16. The van der Waals surface area contributed by atoms with Gasteiger partial charge in [-0.05, 0) is 57.5 Å². The second kappa shape index (κ2) is 7.15. The molecule has 0 bridgehead atoms. The van der Waals surface area contributed by atoms with Gasteiger partial charge < -0.3 is 5.32 Å². The number of carbonyl (C=O) groups is 1. The lowest BCUT2D eigenvalue weighted by molar-refractivity contribution is 0.0940. The number of nitrogens with one attached hydrogen (secondary N) is 1. The molecule has 3 aromatic rings. The van der Waals surface area contributed by atoms with Crippen molar-refractivity contribution in [3.63, 3.8) is 0 Å². The number of carbonyl (C=O) groups excluding carboxylic acids is 1. The van der Waals surface area contributed by atoms with E-state index in [0.29, 0.717) is 5.56 Å². The maximum absolute atomic E-state index is 12.6. The van der Waals surface area contributed by atoms with Gasteiger partial charge in [0.05, 0.1) is 11.7 Å². The number of hydrogen-bond donors (Lipinski definition) is 1. The fourth-order valence-corrected chi connectivity index (χ4v) is 3.53. The van der Waals surface area contributed by atoms with Crippen LogP contribution in [-0.4, -0.2) is 15.9 Å². The van der Waals surface area contributed by atoms with Crippen LogP contribution < -0.4 is 5.32 Å². The normalized spacial score (nSPS) is 12.0. The van der Waals surface area contributed by atoms with Gasteiger partial charge in [-0.15, -0.1) is 11.3 Å². The molecule has 128 valence electrons. The van der Waals surface area contributed by atoms with Crippen LogP contribution in [0.4, 0.5) is 0 Å². The molecule has 3 rings (SSSR count). The van der Waals surface area contributed by atoms with Crippen LogP contribution in [0.15, 0.2) is 41.8 Å². The minimum Gasteiger partial charge on any atom is -0.343 e. The first-order chi connectivity index (χ1) is 11.9. The highest BCUT2D eigenvalue weighted by molar-refractivity contribution is 7.09. The number of benzene rings is 1. The van der Waals surface area contributed by atoms with Crippen LogP contribution in [0.3, 0.4) is 0 Å². The first kappa shape index (κ1) is 17.3. The van der Waals surface area contributed by atoms with Crippen LogP contribution in [0.1, 0.15) is 45.3 Å². The summed E-state index contributed by atoms with van der Waals surface area (Å²) in [6.45, 7) is 7.93. The smallest absolute Gasteiger partial charge is 0.251 e. The standard InChI is InChI=1S/C20H21N3OS/c1-12-8-13(2)21-18(9-12)16-6-5-7-17(10-16)19(24)23-15(4)20-22-14(3)11-25-20/h5-11,15H,1-4H3,(H,23,24)/t15-/m1/s1. The molecule has 0 aliphatic heterocycles. The molecule has 2 heterocycles. The van der Waals surface area contributed by atoms with E-state index in [1.807, 2.05) is 69.5 Å². The monoisotopic (exact) mass is 351 g/mol. The van der Waals surface area contributed by atoms with Crippen molar-refractivity contribution in [1.82, 2.24) is 15.3 Å². The lowest BCUT2D eigenvalue weighted by atomic mass is 10.0. The van der Waals surface area contributed by atoms with Crippen molar-refractivity contribution in [3.05, 3.63) is 69.3 Å². The summed E-state index contributed by atoms with van der Waals surface area (Å²) in [7, 11) is 0. The Kier molecular flexibility index (Phi) is 4.95. The van der Waals surface area contributed by atoms with Crippen molar-refractivity contribution in [2.75, 3.05) is 0 Å². The Bertz CT molecular complexity index is 897. The van der Waals surface area contributed by atoms with Gasteiger partial charge in [0, 0.05) is 27.9 Å². The quantitative estimate of drug-likeness (QED) is 0.746. The van der Waals surface area contributed by atoms with E-state index in [0.717, 1.165) is 33.2 Å². The Hall–Kier alpha value is -2.53. The van der Waals surface area contributed by atoms with Gasteiger partial charge in [-0.2, -0.15) is 0 Å². The third kappa shape index (κ3) is 4.12. The van der Waals surface area contributed by atoms with Crippen LogP contribution in [0, 0.1) is 20.8 Å². The SMILES string of the molecule is Cc1cc(C)nc(-c2cccc(C(=O)N[C@H](C)c3nc(C)cs3)c2)c1. The molecule has 5 heteroatoms. The lowest BCUT2D eigenvalue weighted by Crippen LogP contribution is -2.26. The molecule has 0 spiro atoms. The van der Waals surface area contributed by atoms with E-state index in [1.54, 1.807) is 11.3 Å². The maximum Gasteiger partial charge on any atom is 0.251 e. The van der Waals surface area contributed by atoms with E-state index >= 15 is 0 Å². The molecule has 1 amide bonds. The molecule has 0 fully saturated rings. The maximum atomic E-state index is 12.6. The zero-order chi connectivity index (χ0) is 18.0. The van der Waals surface area contributed by atoms with Crippen LogP contribution in [0.25, 0.3) is 11.3 Å². The van der Waals surface area contributed by atoms with Gasteiger partial charge in [-0.3, -0.25) is 9.78 Å². The number of nitrogens with zero attached hydrogens (tertiary/aromatic N) is 2. The molecule has 25 heavy (non-hydrogen) atoms. The average molecular weight is 351 g/mol. The highest BCUT2D eigenvalue weighted by atomic mass is 32.1. The number of pyridine rings is 1. The predicted octanol–water partition coefficient (Wildman–Crippen LogP) is 4.62. The molecule has 4 nitrogen and oxygen atoms in total. The van der Waals surface area contributed by atoms with Crippen molar-refractivity contribution in [2.24, 2.45) is 0 Å². The van der Waals surface area contributed by atoms with Gasteiger partial charge in [-0.25, -0.2) is 4.98 Å². The van der Waals surface area contributed by atoms with Gasteiger partial charge in [0.1, 0.15) is 5.01 Å². The average Bonchev–Trinajstić information content (AvgIpc) is 3.00. The summed E-state index contributed by atoms with van der Waals surface area (Å²) in [4.78, 5) is 21.6. The number of thiazole rings is 1. The fraction of sp³-hybridized carbons (Fsp3) is 0.250. The van der Waals surface area contributed by atoms with Gasteiger partial charge in [0.25, 0.3) is 5.91 Å². The minimum absolute atomic E-state index is 0.105. The highest BCUT2D eigenvalue weighted by Crippen LogP contribution is 2.22. The van der Waals surface area contributed by atoms with E-state index < -0.39 is 0 Å². The van der Waals surface area contributed by atoms with Crippen molar-refractivity contribution < 1.29 is 4.79 Å². The van der Waals surface area contributed by atoms with Gasteiger partial charge in [0.2, 0.25) is 0 Å². The molecular formula is C20H21N3OS. The largest absolute Gasteiger partial charge is 0.343 e. The predicted molar refractivity (Wildman–Crippen MR) is 102 cm³/mol. The van der Waals surface area contributed by atoms with E-state index in [4.69, 9.17) is 0 Å². The van der Waals surface area contributed by atoms with Crippen LogP contribution in [-0.2, 0) is 0 Å². The molecule has 0 saturated heterocycles. The zero-order valence-corrected chi connectivity index (χ0v) is 15.6. The van der Waals surface area contributed by atoms with E-state index in [-0.39, 0.29) is 11.9 Å². The third-order valence-corrected chi connectivity index (χ3v) is 5.02. The number of amides is 1. The fourth-order valence-electron chi connectivity index (χ4n) is 2.72. The van der Waals surface area contributed by atoms with Crippen molar-refractivity contribution >= 4 is 17.2 Å². The number of rotatable bonds is 4. The summed E-state index contributed by atoms with van der Waals surface area (Å²) in [5.41, 5.74) is 5.55. The van der Waals surface area contributed by atoms with E-state index in [9.17, 15) is 4.79 Å². The van der Waals surface area contributed by atoms with Gasteiger partial charge >= 0.3 is 0 Å². The first-order valence-electron chi connectivity index (χ1n) is 8.21. The Morgan fingerprint density at radius 1 is 1.08 bits per heavy atom. The number of hydrogen-bond acceptors (Lipinski definition) is 4.